The van der Waals surface area contributed by atoms with Gasteiger partial charge in [-0.25, -0.2) is 4.79 Å². The molecule has 2 aliphatic rings. The first kappa shape index (κ1) is 22.5. The fraction of sp³-hybridized carbons (Fsp3) is 0.591. The molecular formula is C22H31N3O4S. The van der Waals surface area contributed by atoms with Crippen LogP contribution in [0.2, 0.25) is 0 Å². The molecule has 8 heteroatoms. The van der Waals surface area contributed by atoms with Crippen LogP contribution in [0.5, 0.6) is 0 Å². The lowest BCUT2D eigenvalue weighted by molar-refractivity contribution is -0.117. The van der Waals surface area contributed by atoms with Crippen LogP contribution in [0.4, 0.5) is 16.2 Å². The van der Waals surface area contributed by atoms with Gasteiger partial charge in [-0.2, -0.15) is 0 Å². The van der Waals surface area contributed by atoms with Gasteiger partial charge in [0.05, 0.1) is 11.4 Å². The van der Waals surface area contributed by atoms with Crippen molar-refractivity contribution < 1.29 is 19.1 Å². The third-order valence-corrected chi connectivity index (χ3v) is 6.22. The van der Waals surface area contributed by atoms with E-state index in [2.05, 4.69) is 4.90 Å². The van der Waals surface area contributed by atoms with E-state index in [1.807, 2.05) is 49.9 Å². The minimum absolute atomic E-state index is 0.0872. The lowest BCUT2D eigenvalue weighted by atomic mass is 10.1. The SMILES string of the molecule is CC(=O)SCC1CC(=O)N(c2ccccc2N2CCN(C(=O)OC(C)(C)C)CC2)C1. The van der Waals surface area contributed by atoms with E-state index in [0.717, 1.165) is 11.4 Å². The summed E-state index contributed by atoms with van der Waals surface area (Å²) in [5, 5.41) is 0.0872. The number of nitrogens with zero attached hydrogens (tertiary/aromatic N) is 3. The van der Waals surface area contributed by atoms with Crippen molar-refractivity contribution in [3.8, 4) is 0 Å². The minimum atomic E-state index is -0.506. The summed E-state index contributed by atoms with van der Waals surface area (Å²) in [5.41, 5.74) is 1.41. The summed E-state index contributed by atoms with van der Waals surface area (Å²) in [6, 6.07) is 7.93. The average Bonchev–Trinajstić information content (AvgIpc) is 3.06. The first-order valence-corrected chi connectivity index (χ1v) is 11.4. The number of benzene rings is 1. The van der Waals surface area contributed by atoms with Gasteiger partial charge in [0.25, 0.3) is 0 Å². The highest BCUT2D eigenvalue weighted by Crippen LogP contribution is 2.35. The maximum Gasteiger partial charge on any atom is 0.410 e. The third kappa shape index (κ3) is 5.68. The molecular weight excluding hydrogens is 402 g/mol. The Morgan fingerprint density at radius 3 is 2.33 bits per heavy atom. The van der Waals surface area contributed by atoms with Gasteiger partial charge >= 0.3 is 6.09 Å². The van der Waals surface area contributed by atoms with Crippen molar-refractivity contribution >= 4 is 40.3 Å². The zero-order chi connectivity index (χ0) is 21.9. The Morgan fingerprint density at radius 2 is 1.73 bits per heavy atom. The molecule has 7 nitrogen and oxygen atoms in total. The van der Waals surface area contributed by atoms with Crippen LogP contribution >= 0.6 is 11.8 Å². The van der Waals surface area contributed by atoms with Gasteiger partial charge in [0.15, 0.2) is 5.12 Å². The predicted octanol–water partition coefficient (Wildman–Crippen LogP) is 3.38. The molecule has 0 bridgehead atoms. The number of rotatable bonds is 4. The van der Waals surface area contributed by atoms with Crippen LogP contribution in [0.25, 0.3) is 0 Å². The van der Waals surface area contributed by atoms with E-state index >= 15 is 0 Å². The van der Waals surface area contributed by atoms with Gasteiger partial charge in [0.1, 0.15) is 5.60 Å². The molecule has 0 radical (unpaired) electrons. The second kappa shape index (κ2) is 9.29. The Hall–Kier alpha value is -2.22. The molecule has 0 aromatic heterocycles. The number of piperazine rings is 1. The van der Waals surface area contributed by atoms with E-state index in [1.54, 1.807) is 11.8 Å². The molecule has 1 aromatic rings. The number of para-hydroxylation sites is 2. The van der Waals surface area contributed by atoms with Crippen molar-refractivity contribution in [1.82, 2.24) is 4.90 Å². The number of amides is 2. The van der Waals surface area contributed by atoms with E-state index in [1.165, 1.54) is 11.8 Å². The Morgan fingerprint density at radius 1 is 1.10 bits per heavy atom. The van der Waals surface area contributed by atoms with Crippen molar-refractivity contribution in [1.29, 1.82) is 0 Å². The van der Waals surface area contributed by atoms with Crippen LogP contribution in [-0.2, 0) is 14.3 Å². The Balaban J connectivity index is 1.66. The molecule has 3 rings (SSSR count). The molecule has 0 aliphatic carbocycles. The first-order chi connectivity index (χ1) is 14.1. The molecule has 2 heterocycles. The van der Waals surface area contributed by atoms with E-state index in [0.29, 0.717) is 44.9 Å². The largest absolute Gasteiger partial charge is 0.444 e. The van der Waals surface area contributed by atoms with Crippen molar-refractivity contribution in [3.63, 3.8) is 0 Å². The molecule has 0 N–H and O–H groups in total. The predicted molar refractivity (Wildman–Crippen MR) is 120 cm³/mol. The minimum Gasteiger partial charge on any atom is -0.444 e. The Kier molecular flexibility index (Phi) is 6.95. The number of ether oxygens (including phenoxy) is 1. The quantitative estimate of drug-likeness (QED) is 0.725. The smallest absolute Gasteiger partial charge is 0.410 e. The summed E-state index contributed by atoms with van der Waals surface area (Å²) in [6.45, 7) is 10.3. The van der Waals surface area contributed by atoms with Crippen molar-refractivity contribution in [2.45, 2.75) is 39.7 Å². The zero-order valence-electron chi connectivity index (χ0n) is 18.2. The highest BCUT2D eigenvalue weighted by atomic mass is 32.2. The molecule has 2 fully saturated rings. The molecule has 1 aromatic carbocycles. The first-order valence-electron chi connectivity index (χ1n) is 10.4. The number of carbonyl (C=O) groups excluding carboxylic acids is 3. The monoisotopic (exact) mass is 433 g/mol. The van der Waals surface area contributed by atoms with Crippen LogP contribution in [0.1, 0.15) is 34.1 Å². The number of anilines is 2. The van der Waals surface area contributed by atoms with Crippen LogP contribution in [0, 0.1) is 5.92 Å². The van der Waals surface area contributed by atoms with E-state index in [-0.39, 0.29) is 23.0 Å². The van der Waals surface area contributed by atoms with Crippen molar-refractivity contribution in [2.75, 3.05) is 48.3 Å². The van der Waals surface area contributed by atoms with Crippen LogP contribution < -0.4 is 9.80 Å². The molecule has 2 saturated heterocycles. The lowest BCUT2D eigenvalue weighted by Gasteiger charge is -2.38. The average molecular weight is 434 g/mol. The van der Waals surface area contributed by atoms with Gasteiger partial charge < -0.3 is 19.4 Å². The van der Waals surface area contributed by atoms with Crippen LogP contribution in [0.3, 0.4) is 0 Å². The second-order valence-electron chi connectivity index (χ2n) is 8.82. The summed E-state index contributed by atoms with van der Waals surface area (Å²) in [5.74, 6) is 0.960. The standard InChI is InChI=1S/C22H31N3O4S/c1-16(26)30-15-17-13-20(27)25(14-17)19-8-6-5-7-18(19)23-9-11-24(12-10-23)21(28)29-22(2,3)4/h5-8,17H,9-15H2,1-4H3. The maximum atomic E-state index is 12.7. The molecule has 0 spiro atoms. The Labute approximate surface area is 182 Å². The summed E-state index contributed by atoms with van der Waals surface area (Å²) in [4.78, 5) is 42.1. The molecule has 1 atom stereocenters. The molecule has 2 aliphatic heterocycles. The molecule has 1 unspecified atom stereocenters. The summed E-state index contributed by atoms with van der Waals surface area (Å²) in [7, 11) is 0. The lowest BCUT2D eigenvalue weighted by Crippen LogP contribution is -2.50. The number of carbonyl (C=O) groups is 3. The van der Waals surface area contributed by atoms with E-state index in [9.17, 15) is 14.4 Å². The van der Waals surface area contributed by atoms with Gasteiger partial charge in [0, 0.05) is 51.8 Å². The van der Waals surface area contributed by atoms with Gasteiger partial charge in [-0.15, -0.1) is 0 Å². The number of thioether (sulfide) groups is 1. The Bertz CT molecular complexity index is 800. The van der Waals surface area contributed by atoms with Crippen molar-refractivity contribution in [2.24, 2.45) is 5.92 Å². The van der Waals surface area contributed by atoms with E-state index in [4.69, 9.17) is 4.74 Å². The van der Waals surface area contributed by atoms with Gasteiger partial charge in [-0.05, 0) is 38.8 Å². The number of hydrogen-bond acceptors (Lipinski definition) is 6. The molecule has 30 heavy (non-hydrogen) atoms. The van der Waals surface area contributed by atoms with Gasteiger partial charge in [-0.1, -0.05) is 23.9 Å². The summed E-state index contributed by atoms with van der Waals surface area (Å²) in [6.07, 6.45) is 0.192. The highest BCUT2D eigenvalue weighted by molar-refractivity contribution is 8.13. The molecule has 164 valence electrons. The summed E-state index contributed by atoms with van der Waals surface area (Å²) < 4.78 is 5.48. The maximum absolute atomic E-state index is 12.7. The fourth-order valence-corrected chi connectivity index (χ4v) is 4.47. The van der Waals surface area contributed by atoms with Crippen LogP contribution in [-0.4, -0.2) is 66.1 Å². The van der Waals surface area contributed by atoms with Gasteiger partial charge in [0.2, 0.25) is 5.91 Å². The second-order valence-corrected chi connectivity index (χ2v) is 10.0. The normalized spacial score (nSPS) is 19.9. The number of hydrogen-bond donors (Lipinski definition) is 0. The van der Waals surface area contributed by atoms with E-state index < -0.39 is 5.60 Å². The zero-order valence-corrected chi connectivity index (χ0v) is 19.0. The molecule has 0 saturated carbocycles. The van der Waals surface area contributed by atoms with Crippen molar-refractivity contribution in [3.05, 3.63) is 24.3 Å². The fourth-order valence-electron chi connectivity index (χ4n) is 3.78. The van der Waals surface area contributed by atoms with Gasteiger partial charge in [-0.3, -0.25) is 9.59 Å². The highest BCUT2D eigenvalue weighted by Gasteiger charge is 2.33. The topological polar surface area (TPSA) is 70.2 Å². The van der Waals surface area contributed by atoms with Crippen LogP contribution in [0.15, 0.2) is 24.3 Å². The molecule has 2 amide bonds. The summed E-state index contributed by atoms with van der Waals surface area (Å²) >= 11 is 1.29. The third-order valence-electron chi connectivity index (χ3n) is 5.17.